The normalized spacial score (nSPS) is 17.2. The van der Waals surface area contributed by atoms with Gasteiger partial charge in [-0.15, -0.1) is 12.6 Å². The highest BCUT2D eigenvalue weighted by atomic mass is 35.5. The van der Waals surface area contributed by atoms with Gasteiger partial charge in [0.2, 0.25) is 11.8 Å². The average Bonchev–Trinajstić information content (AvgIpc) is 2.56. The Bertz CT molecular complexity index is 668. The predicted molar refractivity (Wildman–Crippen MR) is 95.7 cm³/mol. The van der Waals surface area contributed by atoms with Crippen LogP contribution in [0.2, 0.25) is 5.02 Å². The summed E-state index contributed by atoms with van der Waals surface area (Å²) in [6, 6.07) is 5.15. The van der Waals surface area contributed by atoms with Gasteiger partial charge in [-0.25, -0.2) is 0 Å². The Balaban J connectivity index is 2.30. The number of carbonyl (C=O) groups excluding carboxylic acids is 2. The molecular weight excluding hydrogens is 352 g/mol. The number of carbonyl (C=O) groups is 2. The van der Waals surface area contributed by atoms with E-state index in [9.17, 15) is 9.59 Å². The molecular formula is C15H19ClN4O3S. The number of halogens is 1. The van der Waals surface area contributed by atoms with Crippen LogP contribution in [0.4, 0.5) is 0 Å². The molecule has 2 amide bonds. The Morgan fingerprint density at radius 1 is 1.54 bits per heavy atom. The van der Waals surface area contributed by atoms with E-state index in [-0.39, 0.29) is 18.4 Å². The highest BCUT2D eigenvalue weighted by Gasteiger charge is 2.27. The van der Waals surface area contributed by atoms with Crippen LogP contribution in [0, 0.1) is 0 Å². The molecule has 0 fully saturated rings. The molecule has 0 aromatic heterocycles. The zero-order valence-corrected chi connectivity index (χ0v) is 14.7. The van der Waals surface area contributed by atoms with Gasteiger partial charge in [-0.05, 0) is 18.2 Å². The van der Waals surface area contributed by atoms with Crippen molar-refractivity contribution in [1.82, 2.24) is 15.5 Å². The highest BCUT2D eigenvalue weighted by Crippen LogP contribution is 2.33. The third-order valence-electron chi connectivity index (χ3n) is 3.44. The molecule has 1 atom stereocenters. The summed E-state index contributed by atoms with van der Waals surface area (Å²) >= 11 is 10.5. The van der Waals surface area contributed by atoms with Gasteiger partial charge < -0.3 is 26.0 Å². The van der Waals surface area contributed by atoms with E-state index in [1.165, 1.54) is 6.08 Å². The minimum absolute atomic E-state index is 0.0775. The number of hydrogen-bond donors (Lipinski definition) is 4. The van der Waals surface area contributed by atoms with Crippen LogP contribution in [-0.2, 0) is 9.59 Å². The summed E-state index contributed by atoms with van der Waals surface area (Å²) in [6.45, 7) is 0.691. The number of benzene rings is 1. The van der Waals surface area contributed by atoms with Crippen LogP contribution < -0.4 is 21.1 Å². The SMILES string of the molecule is COc1ccc(Cl)cc1C1=CC(=O)NC(S)N1CCNC(=O)CN. The van der Waals surface area contributed by atoms with E-state index in [1.54, 1.807) is 25.3 Å². The summed E-state index contributed by atoms with van der Waals surface area (Å²) in [5.41, 5.74) is 6.01. The van der Waals surface area contributed by atoms with Gasteiger partial charge in [0.1, 0.15) is 11.2 Å². The van der Waals surface area contributed by atoms with Crippen molar-refractivity contribution in [2.75, 3.05) is 26.7 Å². The molecule has 0 saturated carbocycles. The maximum atomic E-state index is 11.9. The lowest BCUT2D eigenvalue weighted by atomic mass is 10.1. The zero-order valence-electron chi connectivity index (χ0n) is 13.1. The molecule has 0 aliphatic carbocycles. The van der Waals surface area contributed by atoms with E-state index in [2.05, 4.69) is 23.3 Å². The molecule has 2 rings (SSSR count). The molecule has 1 aliphatic rings. The van der Waals surface area contributed by atoms with Crippen molar-refractivity contribution < 1.29 is 14.3 Å². The second kappa shape index (κ2) is 8.27. The molecule has 1 heterocycles. The Kier molecular flexibility index (Phi) is 6.36. The summed E-state index contributed by atoms with van der Waals surface area (Å²) in [4.78, 5) is 25.0. The van der Waals surface area contributed by atoms with Gasteiger partial charge >= 0.3 is 0 Å². The molecule has 1 aliphatic heterocycles. The van der Waals surface area contributed by atoms with Crippen molar-refractivity contribution >= 4 is 41.7 Å². The number of hydrogen-bond acceptors (Lipinski definition) is 6. The first-order chi connectivity index (χ1) is 11.5. The second-order valence-corrected chi connectivity index (χ2v) is 5.93. The van der Waals surface area contributed by atoms with Crippen LogP contribution in [0.5, 0.6) is 5.75 Å². The van der Waals surface area contributed by atoms with Gasteiger partial charge in [0.25, 0.3) is 0 Å². The third-order valence-corrected chi connectivity index (χ3v) is 4.08. The van der Waals surface area contributed by atoms with E-state index in [0.29, 0.717) is 35.1 Å². The van der Waals surface area contributed by atoms with Crippen LogP contribution in [0.1, 0.15) is 5.56 Å². The summed E-state index contributed by atoms with van der Waals surface area (Å²) in [6.07, 6.45) is 1.45. The maximum absolute atomic E-state index is 11.9. The van der Waals surface area contributed by atoms with Gasteiger partial charge in [-0.2, -0.15) is 0 Å². The Morgan fingerprint density at radius 3 is 2.96 bits per heavy atom. The first-order valence-corrected chi connectivity index (χ1v) is 8.13. The first kappa shape index (κ1) is 18.4. The van der Waals surface area contributed by atoms with E-state index in [1.807, 2.05) is 4.90 Å². The summed E-state index contributed by atoms with van der Waals surface area (Å²) in [5.74, 6) is 0.0591. The molecule has 0 radical (unpaired) electrons. The molecule has 4 N–H and O–H groups in total. The van der Waals surface area contributed by atoms with Crippen molar-refractivity contribution in [2.24, 2.45) is 5.73 Å². The number of ether oxygens (including phenoxy) is 1. The van der Waals surface area contributed by atoms with E-state index >= 15 is 0 Å². The summed E-state index contributed by atoms with van der Waals surface area (Å²) in [5, 5.41) is 5.90. The molecule has 7 nitrogen and oxygen atoms in total. The van der Waals surface area contributed by atoms with Crippen molar-refractivity contribution in [2.45, 2.75) is 5.50 Å². The van der Waals surface area contributed by atoms with Crippen LogP contribution in [0.3, 0.4) is 0 Å². The monoisotopic (exact) mass is 370 g/mol. The number of nitrogens with two attached hydrogens (primary N) is 1. The first-order valence-electron chi connectivity index (χ1n) is 7.24. The van der Waals surface area contributed by atoms with Crippen molar-refractivity contribution in [3.63, 3.8) is 0 Å². The molecule has 24 heavy (non-hydrogen) atoms. The average molecular weight is 371 g/mol. The Labute approximate surface area is 150 Å². The highest BCUT2D eigenvalue weighted by molar-refractivity contribution is 7.80. The molecule has 1 aromatic carbocycles. The Morgan fingerprint density at radius 2 is 2.29 bits per heavy atom. The maximum Gasteiger partial charge on any atom is 0.248 e. The number of nitrogens with one attached hydrogen (secondary N) is 2. The number of rotatable bonds is 6. The number of methoxy groups -OCH3 is 1. The van der Waals surface area contributed by atoms with E-state index in [4.69, 9.17) is 22.1 Å². The number of thiol groups is 1. The fourth-order valence-electron chi connectivity index (χ4n) is 2.33. The minimum atomic E-state index is -0.545. The number of nitrogens with zero attached hydrogens (tertiary/aromatic N) is 1. The van der Waals surface area contributed by atoms with E-state index in [0.717, 1.165) is 0 Å². The lowest BCUT2D eigenvalue weighted by molar-refractivity contribution is -0.120. The zero-order chi connectivity index (χ0) is 17.7. The molecule has 0 saturated heterocycles. The molecule has 9 heteroatoms. The van der Waals surface area contributed by atoms with E-state index < -0.39 is 5.50 Å². The standard InChI is InChI=1S/C15H19ClN4O3S/c1-23-12-3-2-9(16)6-10(12)11-7-13(21)19-15(24)20(11)5-4-18-14(22)8-17/h2-3,6-7,15,24H,4-5,8,17H2,1H3,(H,18,22)(H,19,21). The van der Waals surface area contributed by atoms with Gasteiger partial charge in [0.05, 0.1) is 19.4 Å². The molecule has 130 valence electrons. The largest absolute Gasteiger partial charge is 0.496 e. The smallest absolute Gasteiger partial charge is 0.248 e. The Hall–Kier alpha value is -1.90. The molecule has 0 bridgehead atoms. The molecule has 1 unspecified atom stereocenters. The summed E-state index contributed by atoms with van der Waals surface area (Å²) in [7, 11) is 1.54. The third kappa shape index (κ3) is 4.34. The fourth-order valence-corrected chi connectivity index (χ4v) is 2.87. The number of amides is 2. The van der Waals surface area contributed by atoms with Crippen LogP contribution >= 0.6 is 24.2 Å². The van der Waals surface area contributed by atoms with Crippen molar-refractivity contribution in [3.8, 4) is 5.75 Å². The van der Waals surface area contributed by atoms with Crippen LogP contribution in [-0.4, -0.2) is 49.0 Å². The van der Waals surface area contributed by atoms with Crippen LogP contribution in [0.25, 0.3) is 5.70 Å². The topological polar surface area (TPSA) is 96.7 Å². The predicted octanol–water partition coefficient (Wildman–Crippen LogP) is 0.410. The van der Waals surface area contributed by atoms with Gasteiger partial charge in [-0.3, -0.25) is 9.59 Å². The minimum Gasteiger partial charge on any atom is -0.496 e. The van der Waals surface area contributed by atoms with Crippen molar-refractivity contribution in [1.29, 1.82) is 0 Å². The van der Waals surface area contributed by atoms with Crippen LogP contribution in [0.15, 0.2) is 24.3 Å². The second-order valence-electron chi connectivity index (χ2n) is 5.00. The van der Waals surface area contributed by atoms with Crippen molar-refractivity contribution in [3.05, 3.63) is 34.9 Å². The lowest BCUT2D eigenvalue weighted by Gasteiger charge is -2.36. The molecule has 1 aromatic rings. The van der Waals surface area contributed by atoms with Gasteiger partial charge in [-0.1, -0.05) is 11.6 Å². The van der Waals surface area contributed by atoms with Gasteiger partial charge in [0, 0.05) is 29.8 Å². The molecule has 0 spiro atoms. The van der Waals surface area contributed by atoms with Gasteiger partial charge in [0.15, 0.2) is 0 Å². The summed E-state index contributed by atoms with van der Waals surface area (Å²) < 4.78 is 5.36. The fraction of sp³-hybridized carbons (Fsp3) is 0.333. The lowest BCUT2D eigenvalue weighted by Crippen LogP contribution is -2.49. The quantitative estimate of drug-likeness (QED) is 0.544.